The fourth-order valence-corrected chi connectivity index (χ4v) is 2.45. The summed E-state index contributed by atoms with van der Waals surface area (Å²) in [6.45, 7) is 5.43. The van der Waals surface area contributed by atoms with Crippen LogP contribution in [0.1, 0.15) is 6.92 Å². The average molecular weight is 221 g/mol. The van der Waals surface area contributed by atoms with Crippen LogP contribution in [0.2, 0.25) is 0 Å². The monoisotopic (exact) mass is 221 g/mol. The van der Waals surface area contributed by atoms with Crippen molar-refractivity contribution in [3.8, 4) is 0 Å². The molecule has 0 unspecified atom stereocenters. The van der Waals surface area contributed by atoms with Gasteiger partial charge in [-0.05, 0) is 6.92 Å². The summed E-state index contributed by atoms with van der Waals surface area (Å²) < 4.78 is 24.0. The Labute approximate surface area is 85.9 Å². The molecule has 1 saturated heterocycles. The molecule has 2 N–H and O–H groups in total. The number of nitrogens with zero attached hydrogens (tertiary/aromatic N) is 2. The number of rotatable bonds is 3. The van der Waals surface area contributed by atoms with Crippen molar-refractivity contribution in [1.29, 1.82) is 0 Å². The lowest BCUT2D eigenvalue weighted by Gasteiger charge is -2.36. The Kier molecular flexibility index (Phi) is 3.88. The van der Waals surface area contributed by atoms with Gasteiger partial charge in [-0.25, -0.2) is 8.42 Å². The third kappa shape index (κ3) is 2.91. The van der Waals surface area contributed by atoms with Crippen molar-refractivity contribution in [2.75, 3.05) is 39.0 Å². The molecule has 0 bridgehead atoms. The van der Waals surface area contributed by atoms with Crippen LogP contribution in [-0.4, -0.2) is 62.6 Å². The summed E-state index contributed by atoms with van der Waals surface area (Å²) in [5, 5.41) is 0. The van der Waals surface area contributed by atoms with Crippen molar-refractivity contribution in [2.45, 2.75) is 13.0 Å². The third-order valence-corrected chi connectivity index (χ3v) is 4.01. The van der Waals surface area contributed by atoms with E-state index in [2.05, 4.69) is 11.8 Å². The lowest BCUT2D eigenvalue weighted by molar-refractivity contribution is 0.149. The largest absolute Gasteiger partial charge is 0.329 e. The second kappa shape index (κ2) is 4.57. The number of nitrogens with two attached hydrogens (primary N) is 1. The molecule has 1 rings (SSSR count). The zero-order chi connectivity index (χ0) is 10.8. The first-order chi connectivity index (χ1) is 6.45. The predicted molar refractivity (Wildman–Crippen MR) is 56.5 cm³/mol. The quantitative estimate of drug-likeness (QED) is 0.658. The zero-order valence-electron chi connectivity index (χ0n) is 8.81. The SMILES string of the molecule is C[C@@H](CN)N1CCN(S(C)(=O)=O)CC1. The van der Waals surface area contributed by atoms with Crippen LogP contribution in [0.15, 0.2) is 0 Å². The topological polar surface area (TPSA) is 66.6 Å². The van der Waals surface area contributed by atoms with Crippen LogP contribution >= 0.6 is 0 Å². The fraction of sp³-hybridized carbons (Fsp3) is 1.00. The van der Waals surface area contributed by atoms with Gasteiger partial charge in [-0.3, -0.25) is 4.90 Å². The van der Waals surface area contributed by atoms with E-state index in [1.807, 2.05) is 0 Å². The van der Waals surface area contributed by atoms with Crippen LogP contribution in [0.25, 0.3) is 0 Å². The van der Waals surface area contributed by atoms with Gasteiger partial charge in [0.05, 0.1) is 6.26 Å². The van der Waals surface area contributed by atoms with E-state index in [-0.39, 0.29) is 0 Å². The second-order valence-corrected chi connectivity index (χ2v) is 5.77. The number of sulfonamides is 1. The summed E-state index contributed by atoms with van der Waals surface area (Å²) >= 11 is 0. The van der Waals surface area contributed by atoms with Crippen molar-refractivity contribution in [1.82, 2.24) is 9.21 Å². The van der Waals surface area contributed by atoms with Gasteiger partial charge in [0.15, 0.2) is 0 Å². The van der Waals surface area contributed by atoms with Gasteiger partial charge >= 0.3 is 0 Å². The highest BCUT2D eigenvalue weighted by Gasteiger charge is 2.24. The summed E-state index contributed by atoms with van der Waals surface area (Å²) in [7, 11) is -3.01. The molecular formula is C8H19N3O2S. The van der Waals surface area contributed by atoms with Crippen LogP contribution < -0.4 is 5.73 Å². The van der Waals surface area contributed by atoms with E-state index < -0.39 is 10.0 Å². The van der Waals surface area contributed by atoms with E-state index in [1.54, 1.807) is 0 Å². The molecule has 1 fully saturated rings. The summed E-state index contributed by atoms with van der Waals surface area (Å²) in [6, 6.07) is 0.344. The maximum absolute atomic E-state index is 11.2. The molecule has 1 heterocycles. The summed E-state index contributed by atoms with van der Waals surface area (Å²) in [5.74, 6) is 0. The van der Waals surface area contributed by atoms with Gasteiger partial charge in [-0.2, -0.15) is 4.31 Å². The fourth-order valence-electron chi connectivity index (χ4n) is 1.63. The smallest absolute Gasteiger partial charge is 0.211 e. The van der Waals surface area contributed by atoms with Crippen molar-refractivity contribution in [2.24, 2.45) is 5.73 Å². The highest BCUT2D eigenvalue weighted by molar-refractivity contribution is 7.88. The van der Waals surface area contributed by atoms with E-state index in [9.17, 15) is 8.42 Å². The van der Waals surface area contributed by atoms with Crippen molar-refractivity contribution < 1.29 is 8.42 Å². The van der Waals surface area contributed by atoms with Crippen LogP contribution in [0.4, 0.5) is 0 Å². The van der Waals surface area contributed by atoms with Crippen molar-refractivity contribution in [3.63, 3.8) is 0 Å². The van der Waals surface area contributed by atoms with Crippen LogP contribution in [0, 0.1) is 0 Å². The molecule has 0 aromatic carbocycles. The van der Waals surface area contributed by atoms with Crippen molar-refractivity contribution >= 4 is 10.0 Å². The summed E-state index contributed by atoms with van der Waals surface area (Å²) in [6.07, 6.45) is 1.26. The van der Waals surface area contributed by atoms with Gasteiger partial charge in [0.2, 0.25) is 10.0 Å². The molecule has 0 aromatic rings. The Morgan fingerprint density at radius 1 is 1.29 bits per heavy atom. The molecule has 5 nitrogen and oxygen atoms in total. The van der Waals surface area contributed by atoms with Gasteiger partial charge in [-0.15, -0.1) is 0 Å². The number of hydrogen-bond donors (Lipinski definition) is 1. The first-order valence-corrected chi connectivity index (χ1v) is 6.69. The third-order valence-electron chi connectivity index (χ3n) is 2.71. The maximum Gasteiger partial charge on any atom is 0.211 e. The Morgan fingerprint density at radius 2 is 1.79 bits per heavy atom. The maximum atomic E-state index is 11.2. The molecule has 0 saturated carbocycles. The first-order valence-electron chi connectivity index (χ1n) is 4.84. The minimum Gasteiger partial charge on any atom is -0.329 e. The highest BCUT2D eigenvalue weighted by atomic mass is 32.2. The molecule has 6 heteroatoms. The lowest BCUT2D eigenvalue weighted by atomic mass is 10.2. The van der Waals surface area contributed by atoms with E-state index >= 15 is 0 Å². The second-order valence-electron chi connectivity index (χ2n) is 3.78. The van der Waals surface area contributed by atoms with E-state index in [0.717, 1.165) is 13.1 Å². The van der Waals surface area contributed by atoms with Gasteiger partial charge in [0, 0.05) is 38.8 Å². The van der Waals surface area contributed by atoms with E-state index in [1.165, 1.54) is 10.6 Å². The molecule has 1 atom stereocenters. The molecule has 14 heavy (non-hydrogen) atoms. The predicted octanol–water partition coefficient (Wildman–Crippen LogP) is -1.09. The molecule has 84 valence electrons. The molecule has 0 amide bonds. The van der Waals surface area contributed by atoms with Gasteiger partial charge in [-0.1, -0.05) is 0 Å². The molecule has 1 aliphatic heterocycles. The molecule has 1 aliphatic rings. The Balaban J connectivity index is 2.47. The van der Waals surface area contributed by atoms with E-state index in [0.29, 0.717) is 25.7 Å². The average Bonchev–Trinajstić information content (AvgIpc) is 2.15. The summed E-state index contributed by atoms with van der Waals surface area (Å²) in [4.78, 5) is 2.22. The molecule has 0 radical (unpaired) electrons. The van der Waals surface area contributed by atoms with Crippen LogP contribution in [0.5, 0.6) is 0 Å². The Hall–Kier alpha value is -0.170. The first kappa shape index (κ1) is 11.9. The molecule has 0 aromatic heterocycles. The Bertz CT molecular complexity index is 270. The highest BCUT2D eigenvalue weighted by Crippen LogP contribution is 2.08. The summed E-state index contributed by atoms with van der Waals surface area (Å²) in [5.41, 5.74) is 5.55. The van der Waals surface area contributed by atoms with Crippen LogP contribution in [-0.2, 0) is 10.0 Å². The lowest BCUT2D eigenvalue weighted by Crippen LogP contribution is -2.52. The normalized spacial score (nSPS) is 23.6. The molecule has 0 aliphatic carbocycles. The van der Waals surface area contributed by atoms with Gasteiger partial charge in [0.25, 0.3) is 0 Å². The van der Waals surface area contributed by atoms with Crippen LogP contribution in [0.3, 0.4) is 0 Å². The zero-order valence-corrected chi connectivity index (χ0v) is 9.63. The van der Waals surface area contributed by atoms with Gasteiger partial charge in [0.1, 0.15) is 0 Å². The van der Waals surface area contributed by atoms with E-state index in [4.69, 9.17) is 5.73 Å². The molecular weight excluding hydrogens is 202 g/mol. The number of piperazine rings is 1. The minimum atomic E-state index is -3.01. The number of hydrogen-bond acceptors (Lipinski definition) is 4. The van der Waals surface area contributed by atoms with Crippen molar-refractivity contribution in [3.05, 3.63) is 0 Å². The Morgan fingerprint density at radius 3 is 2.14 bits per heavy atom. The molecule has 0 spiro atoms. The minimum absolute atomic E-state index is 0.344. The van der Waals surface area contributed by atoms with Gasteiger partial charge < -0.3 is 5.73 Å². The standard InChI is InChI=1S/C8H19N3O2S/c1-8(7-9)10-3-5-11(6-4-10)14(2,12)13/h8H,3-7,9H2,1-2H3/t8-/m0/s1.